The lowest BCUT2D eigenvalue weighted by molar-refractivity contribution is 0.0609. The summed E-state index contributed by atoms with van der Waals surface area (Å²) in [6.45, 7) is 0.173. The van der Waals surface area contributed by atoms with E-state index in [2.05, 4.69) is 15.5 Å². The summed E-state index contributed by atoms with van der Waals surface area (Å²) < 4.78 is 4.71. The van der Waals surface area contributed by atoms with Crippen LogP contribution in [0, 0.1) is 0 Å². The van der Waals surface area contributed by atoms with Gasteiger partial charge in [-0.1, -0.05) is 23.2 Å². The van der Waals surface area contributed by atoms with Gasteiger partial charge < -0.3 is 15.2 Å². The number of hydrogen-bond donors (Lipinski definition) is 2. The molecule has 0 saturated heterocycles. The highest BCUT2D eigenvalue weighted by atomic mass is 35.5. The predicted molar refractivity (Wildman–Crippen MR) is 62.3 cm³/mol. The lowest BCUT2D eigenvalue weighted by atomic mass is 10.3. The molecule has 1 rings (SSSR count). The quantitative estimate of drug-likeness (QED) is 0.821. The molecule has 0 aliphatic carbocycles. The Labute approximate surface area is 108 Å². The molecule has 94 valence electrons. The number of nitrogens with zero attached hydrogens (tertiary/aromatic N) is 2. The van der Waals surface area contributed by atoms with Crippen molar-refractivity contribution in [3.05, 3.63) is 21.9 Å². The number of carbonyl (C=O) groups is 1. The first kappa shape index (κ1) is 14.1. The van der Waals surface area contributed by atoms with Gasteiger partial charge in [-0.2, -0.15) is 0 Å². The van der Waals surface area contributed by atoms with Crippen molar-refractivity contribution in [2.75, 3.05) is 20.3 Å². The van der Waals surface area contributed by atoms with E-state index in [-0.39, 0.29) is 29.0 Å². The van der Waals surface area contributed by atoms with Crippen LogP contribution < -0.4 is 5.32 Å². The van der Waals surface area contributed by atoms with Crippen LogP contribution >= 0.6 is 23.2 Å². The molecule has 17 heavy (non-hydrogen) atoms. The van der Waals surface area contributed by atoms with E-state index in [9.17, 15) is 9.90 Å². The zero-order valence-electron chi connectivity index (χ0n) is 8.98. The van der Waals surface area contributed by atoms with E-state index in [0.29, 0.717) is 0 Å². The second-order valence-corrected chi connectivity index (χ2v) is 3.94. The van der Waals surface area contributed by atoms with E-state index >= 15 is 0 Å². The number of rotatable bonds is 5. The van der Waals surface area contributed by atoms with Gasteiger partial charge in [0.1, 0.15) is 0 Å². The highest BCUT2D eigenvalue weighted by molar-refractivity contribution is 6.34. The fourth-order valence-corrected chi connectivity index (χ4v) is 1.39. The van der Waals surface area contributed by atoms with Gasteiger partial charge in [0.05, 0.1) is 18.3 Å². The third-order valence-electron chi connectivity index (χ3n) is 1.82. The summed E-state index contributed by atoms with van der Waals surface area (Å²) >= 11 is 11.3. The highest BCUT2D eigenvalue weighted by Gasteiger charge is 2.14. The van der Waals surface area contributed by atoms with Gasteiger partial charge in [0, 0.05) is 13.7 Å². The molecule has 8 heteroatoms. The van der Waals surface area contributed by atoms with E-state index in [1.54, 1.807) is 0 Å². The molecule has 1 atom stereocenters. The highest BCUT2D eigenvalue weighted by Crippen LogP contribution is 2.14. The summed E-state index contributed by atoms with van der Waals surface area (Å²) in [4.78, 5) is 11.7. The van der Waals surface area contributed by atoms with Crippen LogP contribution in [0.15, 0.2) is 6.07 Å². The van der Waals surface area contributed by atoms with E-state index in [4.69, 9.17) is 27.9 Å². The molecule has 0 radical (unpaired) electrons. The van der Waals surface area contributed by atoms with E-state index in [0.717, 1.165) is 0 Å². The zero-order valence-corrected chi connectivity index (χ0v) is 10.5. The Balaban J connectivity index is 2.61. The number of aliphatic hydroxyl groups is 1. The van der Waals surface area contributed by atoms with Gasteiger partial charge in [-0.3, -0.25) is 4.79 Å². The number of amides is 1. The van der Waals surface area contributed by atoms with Gasteiger partial charge in [-0.15, -0.1) is 10.2 Å². The van der Waals surface area contributed by atoms with Gasteiger partial charge in [0.15, 0.2) is 10.3 Å². The first-order valence-corrected chi connectivity index (χ1v) is 5.44. The zero-order chi connectivity index (χ0) is 12.8. The Morgan fingerprint density at radius 3 is 2.94 bits per heavy atom. The molecule has 0 aliphatic rings. The fourth-order valence-electron chi connectivity index (χ4n) is 1.07. The molecule has 0 saturated carbocycles. The van der Waals surface area contributed by atoms with Gasteiger partial charge in [-0.25, -0.2) is 0 Å². The molecule has 1 unspecified atom stereocenters. The van der Waals surface area contributed by atoms with Crippen LogP contribution in [0.4, 0.5) is 0 Å². The number of aromatic nitrogens is 2. The van der Waals surface area contributed by atoms with Crippen LogP contribution in [-0.2, 0) is 4.74 Å². The third-order valence-corrected chi connectivity index (χ3v) is 2.28. The molecule has 0 aliphatic heterocycles. The summed E-state index contributed by atoms with van der Waals surface area (Å²) in [6.07, 6.45) is -0.784. The summed E-state index contributed by atoms with van der Waals surface area (Å²) in [5.41, 5.74) is 0.108. The molecule has 0 aromatic carbocycles. The van der Waals surface area contributed by atoms with Crippen LogP contribution in [0.25, 0.3) is 0 Å². The van der Waals surface area contributed by atoms with Crippen molar-refractivity contribution in [3.63, 3.8) is 0 Å². The third kappa shape index (κ3) is 4.43. The SMILES string of the molecule is COCC(O)CNC(=O)c1cc(Cl)nnc1Cl. The van der Waals surface area contributed by atoms with Crippen molar-refractivity contribution in [2.24, 2.45) is 0 Å². The smallest absolute Gasteiger partial charge is 0.254 e. The van der Waals surface area contributed by atoms with Crippen molar-refractivity contribution >= 4 is 29.1 Å². The van der Waals surface area contributed by atoms with Gasteiger partial charge in [-0.05, 0) is 6.07 Å². The van der Waals surface area contributed by atoms with Crippen LogP contribution in [0.5, 0.6) is 0 Å². The van der Waals surface area contributed by atoms with Crippen molar-refractivity contribution in [1.82, 2.24) is 15.5 Å². The molecule has 6 nitrogen and oxygen atoms in total. The first-order chi connectivity index (χ1) is 8.04. The van der Waals surface area contributed by atoms with Crippen molar-refractivity contribution in [3.8, 4) is 0 Å². The van der Waals surface area contributed by atoms with Crippen molar-refractivity contribution in [1.29, 1.82) is 0 Å². The summed E-state index contributed by atoms with van der Waals surface area (Å²) in [6, 6.07) is 1.30. The summed E-state index contributed by atoms with van der Waals surface area (Å²) in [5.74, 6) is -0.484. The second-order valence-electron chi connectivity index (χ2n) is 3.19. The lowest BCUT2D eigenvalue weighted by Gasteiger charge is -2.10. The van der Waals surface area contributed by atoms with Gasteiger partial charge >= 0.3 is 0 Å². The lowest BCUT2D eigenvalue weighted by Crippen LogP contribution is -2.34. The maximum atomic E-state index is 11.7. The van der Waals surface area contributed by atoms with E-state index < -0.39 is 12.0 Å². The van der Waals surface area contributed by atoms with Crippen LogP contribution in [0.3, 0.4) is 0 Å². The number of carbonyl (C=O) groups excluding carboxylic acids is 1. The normalized spacial score (nSPS) is 12.2. The number of aliphatic hydroxyl groups excluding tert-OH is 1. The second kappa shape index (κ2) is 6.70. The van der Waals surface area contributed by atoms with Crippen LogP contribution in [0.1, 0.15) is 10.4 Å². The Morgan fingerprint density at radius 1 is 1.59 bits per heavy atom. The average molecular weight is 280 g/mol. The van der Waals surface area contributed by atoms with E-state index in [1.165, 1.54) is 13.2 Å². The largest absolute Gasteiger partial charge is 0.389 e. The molecule has 2 N–H and O–H groups in total. The van der Waals surface area contributed by atoms with Crippen molar-refractivity contribution < 1.29 is 14.6 Å². The molecule has 0 bridgehead atoms. The Kier molecular flexibility index (Phi) is 5.57. The number of nitrogens with one attached hydrogen (secondary N) is 1. The first-order valence-electron chi connectivity index (χ1n) is 4.68. The predicted octanol–water partition coefficient (Wildman–Crippen LogP) is 0.520. The summed E-state index contributed by atoms with van der Waals surface area (Å²) in [7, 11) is 1.45. The van der Waals surface area contributed by atoms with Crippen LogP contribution in [0.2, 0.25) is 10.3 Å². The minimum absolute atomic E-state index is 0.0446. The maximum absolute atomic E-state index is 11.7. The molecule has 0 fully saturated rings. The summed E-state index contributed by atoms with van der Waals surface area (Å²) in [5, 5.41) is 18.8. The molecule has 0 spiro atoms. The Bertz CT molecular complexity index is 403. The Morgan fingerprint density at radius 2 is 2.29 bits per heavy atom. The number of methoxy groups -OCH3 is 1. The van der Waals surface area contributed by atoms with Gasteiger partial charge in [0.2, 0.25) is 0 Å². The molecular weight excluding hydrogens is 269 g/mol. The minimum atomic E-state index is -0.784. The van der Waals surface area contributed by atoms with Gasteiger partial charge in [0.25, 0.3) is 5.91 Å². The fraction of sp³-hybridized carbons (Fsp3) is 0.444. The van der Waals surface area contributed by atoms with E-state index in [1.807, 2.05) is 0 Å². The minimum Gasteiger partial charge on any atom is -0.389 e. The monoisotopic (exact) mass is 279 g/mol. The molecular formula is C9H11Cl2N3O3. The molecule has 1 heterocycles. The number of ether oxygens (including phenoxy) is 1. The molecule has 1 amide bonds. The van der Waals surface area contributed by atoms with Crippen LogP contribution in [-0.4, -0.2) is 47.6 Å². The average Bonchev–Trinajstić information content (AvgIpc) is 2.29. The Hall–Kier alpha value is -0.950. The maximum Gasteiger partial charge on any atom is 0.254 e. The van der Waals surface area contributed by atoms with Crippen molar-refractivity contribution in [2.45, 2.75) is 6.10 Å². The number of halogens is 2. The number of hydrogen-bond acceptors (Lipinski definition) is 5. The molecule has 1 aromatic heterocycles. The standard InChI is InChI=1S/C9H11Cl2N3O3/c1-17-4-5(15)3-12-9(16)6-2-7(10)13-14-8(6)11/h2,5,15H,3-4H2,1H3,(H,12,16). The molecule has 1 aromatic rings. The topological polar surface area (TPSA) is 84.3 Å².